The molecule has 0 radical (unpaired) electrons. The Morgan fingerprint density at radius 2 is 1.84 bits per heavy atom. The van der Waals surface area contributed by atoms with E-state index in [1.54, 1.807) is 40.1 Å². The molecule has 1 aliphatic heterocycles. The molecule has 0 aromatic heterocycles. The second kappa shape index (κ2) is 10.6. The lowest BCUT2D eigenvalue weighted by Crippen LogP contribution is -2.40. The predicted octanol–water partition coefficient (Wildman–Crippen LogP) is 3.32. The lowest BCUT2D eigenvalue weighted by Gasteiger charge is -2.30. The zero-order valence-corrected chi connectivity index (χ0v) is 18.0. The number of nitrogens with zero attached hydrogens (tertiary/aromatic N) is 2. The van der Waals surface area contributed by atoms with Crippen LogP contribution in [0.3, 0.4) is 0 Å². The van der Waals surface area contributed by atoms with Crippen molar-refractivity contribution >= 4 is 23.3 Å². The normalized spacial score (nSPS) is 12.7. The highest BCUT2D eigenvalue weighted by atomic mass is 16.5. The van der Waals surface area contributed by atoms with Crippen LogP contribution in [0.4, 0.5) is 5.69 Å². The molecule has 0 saturated carbocycles. The number of ether oxygens (including phenoxy) is 2. The van der Waals surface area contributed by atoms with Crippen molar-refractivity contribution in [3.8, 4) is 11.5 Å². The van der Waals surface area contributed by atoms with E-state index in [1.165, 1.54) is 0 Å². The minimum absolute atomic E-state index is 0.0542. The molecule has 2 aromatic rings. The van der Waals surface area contributed by atoms with E-state index in [-0.39, 0.29) is 30.8 Å². The minimum Gasteiger partial charge on any atom is -0.485 e. The Labute approximate surface area is 182 Å². The predicted molar refractivity (Wildman–Crippen MR) is 118 cm³/mol. The molecule has 7 heteroatoms. The summed E-state index contributed by atoms with van der Waals surface area (Å²) in [6, 6.07) is 14.2. The van der Waals surface area contributed by atoms with E-state index in [9.17, 15) is 14.4 Å². The molecule has 0 N–H and O–H groups in total. The first-order valence-corrected chi connectivity index (χ1v) is 10.6. The highest BCUT2D eigenvalue weighted by Crippen LogP contribution is 2.33. The average molecular weight is 424 g/mol. The van der Waals surface area contributed by atoms with Gasteiger partial charge in [0.25, 0.3) is 5.91 Å². The number of carbonyl (C=O) groups excluding carboxylic acids is 3. The first-order valence-electron chi connectivity index (χ1n) is 10.6. The van der Waals surface area contributed by atoms with Gasteiger partial charge >= 0.3 is 0 Å². The number of ketones is 1. The maximum Gasteiger partial charge on any atom is 0.265 e. The van der Waals surface area contributed by atoms with Crippen LogP contribution >= 0.6 is 0 Å². The van der Waals surface area contributed by atoms with Crippen LogP contribution in [0.15, 0.2) is 48.5 Å². The smallest absolute Gasteiger partial charge is 0.265 e. The van der Waals surface area contributed by atoms with Crippen LogP contribution in [0.2, 0.25) is 0 Å². The summed E-state index contributed by atoms with van der Waals surface area (Å²) in [5.74, 6) is 0.865. The zero-order valence-electron chi connectivity index (χ0n) is 18.0. The fraction of sp³-hybridized carbons (Fsp3) is 0.375. The molecule has 2 aromatic carbocycles. The Morgan fingerprint density at radius 1 is 1.10 bits per heavy atom. The molecule has 164 valence electrons. The van der Waals surface area contributed by atoms with E-state index < -0.39 is 0 Å². The van der Waals surface area contributed by atoms with E-state index in [2.05, 4.69) is 0 Å². The number of rotatable bonds is 10. The van der Waals surface area contributed by atoms with Crippen molar-refractivity contribution in [2.75, 3.05) is 37.7 Å². The average Bonchev–Trinajstić information content (AvgIpc) is 2.80. The van der Waals surface area contributed by atoms with Gasteiger partial charge in [0.1, 0.15) is 11.5 Å². The summed E-state index contributed by atoms with van der Waals surface area (Å²) < 4.78 is 11.1. The Kier molecular flexibility index (Phi) is 7.65. The highest BCUT2D eigenvalue weighted by Gasteiger charge is 2.26. The van der Waals surface area contributed by atoms with E-state index in [0.717, 1.165) is 0 Å². The topological polar surface area (TPSA) is 76.2 Å². The second-order valence-corrected chi connectivity index (χ2v) is 7.21. The van der Waals surface area contributed by atoms with Gasteiger partial charge in [-0.1, -0.05) is 18.2 Å². The number of amides is 2. The molecular formula is C24H28N2O5. The van der Waals surface area contributed by atoms with Gasteiger partial charge in [-0.15, -0.1) is 0 Å². The van der Waals surface area contributed by atoms with Gasteiger partial charge in [0.2, 0.25) is 5.91 Å². The first-order chi connectivity index (χ1) is 15.0. The summed E-state index contributed by atoms with van der Waals surface area (Å²) in [5, 5.41) is 0. The lowest BCUT2D eigenvalue weighted by atomic mass is 10.1. The number of hydrogen-bond donors (Lipinski definition) is 0. The van der Waals surface area contributed by atoms with Gasteiger partial charge in [-0.3, -0.25) is 14.4 Å². The van der Waals surface area contributed by atoms with Crippen molar-refractivity contribution in [3.05, 3.63) is 54.1 Å². The molecule has 2 amide bonds. The van der Waals surface area contributed by atoms with Crippen LogP contribution in [0, 0.1) is 0 Å². The molecule has 0 unspecified atom stereocenters. The van der Waals surface area contributed by atoms with Crippen LogP contribution in [-0.2, 0) is 9.59 Å². The minimum atomic E-state index is -0.193. The third-order valence-electron chi connectivity index (χ3n) is 5.23. The summed E-state index contributed by atoms with van der Waals surface area (Å²) in [5.41, 5.74) is 0.995. The summed E-state index contributed by atoms with van der Waals surface area (Å²) in [6.45, 7) is 5.47. The molecule has 0 spiro atoms. The third-order valence-corrected chi connectivity index (χ3v) is 5.23. The van der Waals surface area contributed by atoms with Crippen LogP contribution in [0.5, 0.6) is 11.5 Å². The molecule has 0 aliphatic carbocycles. The van der Waals surface area contributed by atoms with Gasteiger partial charge < -0.3 is 19.3 Å². The molecule has 0 saturated heterocycles. The SMILES string of the molecule is CCN(CC)C(=O)CCCN1C(=O)COc2ccc(C(=O)COc3ccccc3)cc21. The number of fused-ring (bicyclic) bond motifs is 1. The van der Waals surface area contributed by atoms with Crippen molar-refractivity contribution in [2.24, 2.45) is 0 Å². The Morgan fingerprint density at radius 3 is 2.55 bits per heavy atom. The standard InChI is InChI=1S/C24H28N2O5/c1-3-25(4-2)23(28)11-8-14-26-20-15-18(12-13-22(20)31-17-24(26)29)21(27)16-30-19-9-6-5-7-10-19/h5-7,9-10,12-13,15H,3-4,8,11,14,16-17H2,1-2H3. The molecule has 1 aliphatic rings. The van der Waals surface area contributed by atoms with Crippen molar-refractivity contribution in [2.45, 2.75) is 26.7 Å². The van der Waals surface area contributed by atoms with Gasteiger partial charge in [0.15, 0.2) is 19.0 Å². The highest BCUT2D eigenvalue weighted by molar-refractivity contribution is 6.02. The van der Waals surface area contributed by atoms with Gasteiger partial charge in [-0.2, -0.15) is 0 Å². The fourth-order valence-corrected chi connectivity index (χ4v) is 3.49. The summed E-state index contributed by atoms with van der Waals surface area (Å²) >= 11 is 0. The van der Waals surface area contributed by atoms with Crippen LogP contribution in [0.1, 0.15) is 37.0 Å². The molecule has 31 heavy (non-hydrogen) atoms. The monoisotopic (exact) mass is 424 g/mol. The Bertz CT molecular complexity index is 925. The van der Waals surface area contributed by atoms with Crippen molar-refractivity contribution in [1.82, 2.24) is 4.90 Å². The van der Waals surface area contributed by atoms with Crippen LogP contribution < -0.4 is 14.4 Å². The van der Waals surface area contributed by atoms with Crippen molar-refractivity contribution in [3.63, 3.8) is 0 Å². The zero-order chi connectivity index (χ0) is 22.2. The van der Waals surface area contributed by atoms with Crippen LogP contribution in [-0.4, -0.2) is 55.3 Å². The van der Waals surface area contributed by atoms with Crippen molar-refractivity contribution < 1.29 is 23.9 Å². The quantitative estimate of drug-likeness (QED) is 0.547. The Balaban J connectivity index is 1.67. The van der Waals surface area contributed by atoms with Crippen LogP contribution in [0.25, 0.3) is 0 Å². The van der Waals surface area contributed by atoms with Gasteiger partial charge in [0.05, 0.1) is 5.69 Å². The largest absolute Gasteiger partial charge is 0.485 e. The van der Waals surface area contributed by atoms with E-state index in [4.69, 9.17) is 9.47 Å². The first kappa shape index (κ1) is 22.3. The molecule has 0 atom stereocenters. The summed E-state index contributed by atoms with van der Waals surface area (Å²) in [4.78, 5) is 40.7. The number of hydrogen-bond acceptors (Lipinski definition) is 5. The Hall–Kier alpha value is -3.35. The van der Waals surface area contributed by atoms with Gasteiger partial charge in [-0.05, 0) is 50.6 Å². The number of carbonyl (C=O) groups is 3. The van der Waals surface area contributed by atoms with E-state index >= 15 is 0 Å². The van der Waals surface area contributed by atoms with Gasteiger partial charge in [0, 0.05) is 31.6 Å². The molecule has 3 rings (SSSR count). The molecule has 0 fully saturated rings. The van der Waals surface area contributed by atoms with E-state index in [0.29, 0.717) is 55.2 Å². The second-order valence-electron chi connectivity index (χ2n) is 7.21. The maximum absolute atomic E-state index is 12.6. The lowest BCUT2D eigenvalue weighted by molar-refractivity contribution is -0.131. The number of para-hydroxylation sites is 1. The molecule has 1 heterocycles. The number of anilines is 1. The summed E-state index contributed by atoms with van der Waals surface area (Å²) in [6.07, 6.45) is 0.904. The third kappa shape index (κ3) is 5.63. The van der Waals surface area contributed by atoms with Crippen molar-refractivity contribution in [1.29, 1.82) is 0 Å². The fourth-order valence-electron chi connectivity index (χ4n) is 3.49. The van der Waals surface area contributed by atoms with Gasteiger partial charge in [-0.25, -0.2) is 0 Å². The van der Waals surface area contributed by atoms with E-state index in [1.807, 2.05) is 32.0 Å². The summed E-state index contributed by atoms with van der Waals surface area (Å²) in [7, 11) is 0. The molecule has 7 nitrogen and oxygen atoms in total. The number of benzene rings is 2. The maximum atomic E-state index is 12.6. The number of Topliss-reactive ketones (excluding diaryl/α,β-unsaturated/α-hetero) is 1. The molecular weight excluding hydrogens is 396 g/mol. The molecule has 0 bridgehead atoms.